The third-order valence-corrected chi connectivity index (χ3v) is 3.33. The molecule has 1 fully saturated rings. The molecule has 0 bridgehead atoms. The van der Waals surface area contributed by atoms with E-state index in [0.29, 0.717) is 17.9 Å². The largest absolute Gasteiger partial charge is 0.368 e. The van der Waals surface area contributed by atoms with E-state index in [1.165, 1.54) is 0 Å². The fourth-order valence-electron chi connectivity index (χ4n) is 1.88. The summed E-state index contributed by atoms with van der Waals surface area (Å²) in [7, 11) is 0. The molecular formula is C13H13BrN2O2. The van der Waals surface area contributed by atoms with Crippen LogP contribution in [0.5, 0.6) is 0 Å². The SMILES string of the molecule is N#Cc1cc(Br)ccc1NC(=O)C1CCCCO1. The summed E-state index contributed by atoms with van der Waals surface area (Å²) in [6.45, 7) is 0.629. The van der Waals surface area contributed by atoms with Gasteiger partial charge in [0.2, 0.25) is 0 Å². The number of anilines is 1. The number of rotatable bonds is 2. The van der Waals surface area contributed by atoms with Crippen LogP contribution in [0.15, 0.2) is 22.7 Å². The molecule has 1 saturated heterocycles. The van der Waals surface area contributed by atoms with E-state index < -0.39 is 6.10 Å². The van der Waals surface area contributed by atoms with E-state index in [1.54, 1.807) is 18.2 Å². The zero-order chi connectivity index (χ0) is 13.0. The van der Waals surface area contributed by atoms with E-state index in [4.69, 9.17) is 10.00 Å². The lowest BCUT2D eigenvalue weighted by Gasteiger charge is -2.21. The van der Waals surface area contributed by atoms with Crippen molar-refractivity contribution >= 4 is 27.5 Å². The van der Waals surface area contributed by atoms with Crippen LogP contribution in [0.25, 0.3) is 0 Å². The first-order valence-electron chi connectivity index (χ1n) is 5.83. The lowest BCUT2D eigenvalue weighted by Crippen LogP contribution is -2.33. The van der Waals surface area contributed by atoms with Crippen molar-refractivity contribution in [1.29, 1.82) is 5.26 Å². The molecule has 1 amide bonds. The van der Waals surface area contributed by atoms with Crippen molar-refractivity contribution in [2.75, 3.05) is 11.9 Å². The molecule has 94 valence electrons. The van der Waals surface area contributed by atoms with Crippen molar-refractivity contribution < 1.29 is 9.53 Å². The highest BCUT2D eigenvalue weighted by Gasteiger charge is 2.22. The number of ether oxygens (including phenoxy) is 1. The van der Waals surface area contributed by atoms with Gasteiger partial charge in [0.1, 0.15) is 12.2 Å². The molecular weight excluding hydrogens is 296 g/mol. The van der Waals surface area contributed by atoms with E-state index in [0.717, 1.165) is 23.7 Å². The molecule has 0 saturated carbocycles. The lowest BCUT2D eigenvalue weighted by atomic mass is 10.1. The van der Waals surface area contributed by atoms with E-state index in [9.17, 15) is 4.79 Å². The summed E-state index contributed by atoms with van der Waals surface area (Å²) >= 11 is 3.29. The van der Waals surface area contributed by atoms with E-state index in [-0.39, 0.29) is 5.91 Å². The Morgan fingerprint density at radius 1 is 1.50 bits per heavy atom. The number of hydrogen-bond acceptors (Lipinski definition) is 3. The van der Waals surface area contributed by atoms with Crippen LogP contribution in [0.2, 0.25) is 0 Å². The Morgan fingerprint density at radius 3 is 3.00 bits per heavy atom. The van der Waals surface area contributed by atoms with Gasteiger partial charge in [0, 0.05) is 11.1 Å². The highest BCUT2D eigenvalue weighted by Crippen LogP contribution is 2.21. The Bertz CT molecular complexity index is 490. The van der Waals surface area contributed by atoms with E-state index >= 15 is 0 Å². The van der Waals surface area contributed by atoms with Gasteiger partial charge in [-0.15, -0.1) is 0 Å². The maximum Gasteiger partial charge on any atom is 0.253 e. The molecule has 1 N–H and O–H groups in total. The average molecular weight is 309 g/mol. The Hall–Kier alpha value is -1.38. The fourth-order valence-corrected chi connectivity index (χ4v) is 2.24. The van der Waals surface area contributed by atoms with Gasteiger partial charge >= 0.3 is 0 Å². The molecule has 1 atom stereocenters. The summed E-state index contributed by atoms with van der Waals surface area (Å²) in [5.41, 5.74) is 0.966. The summed E-state index contributed by atoms with van der Waals surface area (Å²) in [5, 5.41) is 11.8. The summed E-state index contributed by atoms with van der Waals surface area (Å²) in [5.74, 6) is -0.173. The molecule has 1 unspecified atom stereocenters. The van der Waals surface area contributed by atoms with Gasteiger partial charge in [-0.2, -0.15) is 5.26 Å². The molecule has 4 nitrogen and oxygen atoms in total. The molecule has 0 spiro atoms. The smallest absolute Gasteiger partial charge is 0.253 e. The Labute approximate surface area is 114 Å². The van der Waals surface area contributed by atoms with Gasteiger partial charge in [-0.1, -0.05) is 15.9 Å². The molecule has 0 aromatic heterocycles. The number of amides is 1. The average Bonchev–Trinajstić information content (AvgIpc) is 2.41. The van der Waals surface area contributed by atoms with Crippen LogP contribution in [-0.4, -0.2) is 18.6 Å². The van der Waals surface area contributed by atoms with Crippen molar-refractivity contribution in [2.24, 2.45) is 0 Å². The predicted molar refractivity (Wildman–Crippen MR) is 71.1 cm³/mol. The minimum atomic E-state index is -0.395. The first-order chi connectivity index (χ1) is 8.70. The van der Waals surface area contributed by atoms with Gasteiger partial charge < -0.3 is 10.1 Å². The lowest BCUT2D eigenvalue weighted by molar-refractivity contribution is -0.129. The number of nitriles is 1. The quantitative estimate of drug-likeness (QED) is 0.914. The van der Waals surface area contributed by atoms with Crippen LogP contribution in [0.3, 0.4) is 0 Å². The number of halogens is 1. The first-order valence-corrected chi connectivity index (χ1v) is 6.62. The molecule has 0 radical (unpaired) electrons. The zero-order valence-corrected chi connectivity index (χ0v) is 11.4. The van der Waals surface area contributed by atoms with Gasteiger partial charge in [0.25, 0.3) is 5.91 Å². The molecule has 5 heteroatoms. The standard InChI is InChI=1S/C13H13BrN2O2/c14-10-4-5-11(9(7-10)8-15)16-13(17)12-3-1-2-6-18-12/h4-5,7,12H,1-3,6H2,(H,16,17). The molecule has 0 aliphatic carbocycles. The molecule has 1 aliphatic heterocycles. The maximum atomic E-state index is 12.0. The van der Waals surface area contributed by atoms with Gasteiger partial charge in [-0.3, -0.25) is 4.79 Å². The highest BCUT2D eigenvalue weighted by atomic mass is 79.9. The van der Waals surface area contributed by atoms with E-state index in [2.05, 4.69) is 27.3 Å². The Morgan fingerprint density at radius 2 is 2.33 bits per heavy atom. The monoisotopic (exact) mass is 308 g/mol. The van der Waals surface area contributed by atoms with Gasteiger partial charge in [0.15, 0.2) is 0 Å². The number of nitrogens with one attached hydrogen (secondary N) is 1. The van der Waals surface area contributed by atoms with Gasteiger partial charge in [0.05, 0.1) is 11.3 Å². The first kappa shape index (κ1) is 13.1. The van der Waals surface area contributed by atoms with Crippen LogP contribution in [0.4, 0.5) is 5.69 Å². The zero-order valence-electron chi connectivity index (χ0n) is 9.78. The van der Waals surface area contributed by atoms with Crippen LogP contribution < -0.4 is 5.32 Å². The second-order valence-corrected chi connectivity index (χ2v) is 5.06. The molecule has 18 heavy (non-hydrogen) atoms. The number of benzene rings is 1. The second-order valence-electron chi connectivity index (χ2n) is 4.15. The maximum absolute atomic E-state index is 12.0. The van der Waals surface area contributed by atoms with E-state index in [1.807, 2.05) is 0 Å². The number of hydrogen-bond donors (Lipinski definition) is 1. The van der Waals surface area contributed by atoms with Gasteiger partial charge in [-0.25, -0.2) is 0 Å². The number of carbonyl (C=O) groups excluding carboxylic acids is 1. The molecule has 1 heterocycles. The van der Waals surface area contributed by atoms with Crippen molar-refractivity contribution in [3.63, 3.8) is 0 Å². The second kappa shape index (κ2) is 5.98. The number of carbonyl (C=O) groups is 1. The minimum absolute atomic E-state index is 0.173. The van der Waals surface area contributed by atoms with Crippen molar-refractivity contribution in [3.05, 3.63) is 28.2 Å². The number of nitrogens with zero attached hydrogens (tertiary/aromatic N) is 1. The van der Waals surface area contributed by atoms with Crippen molar-refractivity contribution in [3.8, 4) is 6.07 Å². The molecule has 1 aromatic carbocycles. The molecule has 1 aromatic rings. The third-order valence-electron chi connectivity index (χ3n) is 2.83. The predicted octanol–water partition coefficient (Wildman–Crippen LogP) is 2.83. The summed E-state index contributed by atoms with van der Waals surface area (Å²) < 4.78 is 6.22. The Kier molecular flexibility index (Phi) is 4.34. The minimum Gasteiger partial charge on any atom is -0.368 e. The van der Waals surface area contributed by atoms with Crippen molar-refractivity contribution in [2.45, 2.75) is 25.4 Å². The summed E-state index contributed by atoms with van der Waals surface area (Å²) in [4.78, 5) is 12.0. The third kappa shape index (κ3) is 3.09. The highest BCUT2D eigenvalue weighted by molar-refractivity contribution is 9.10. The van der Waals surface area contributed by atoms with Crippen LogP contribution in [-0.2, 0) is 9.53 Å². The van der Waals surface area contributed by atoms with Crippen LogP contribution >= 0.6 is 15.9 Å². The summed E-state index contributed by atoms with van der Waals surface area (Å²) in [6.07, 6.45) is 2.35. The normalized spacial score (nSPS) is 19.0. The van der Waals surface area contributed by atoms with Gasteiger partial charge in [-0.05, 0) is 37.5 Å². The Balaban J connectivity index is 2.09. The molecule has 2 rings (SSSR count). The van der Waals surface area contributed by atoms with Crippen LogP contribution in [0, 0.1) is 11.3 Å². The fraction of sp³-hybridized carbons (Fsp3) is 0.385. The van der Waals surface area contributed by atoms with Crippen molar-refractivity contribution in [1.82, 2.24) is 0 Å². The summed E-state index contributed by atoms with van der Waals surface area (Å²) in [6, 6.07) is 7.24. The molecule has 1 aliphatic rings. The van der Waals surface area contributed by atoms with Crippen LogP contribution in [0.1, 0.15) is 24.8 Å². The topological polar surface area (TPSA) is 62.1 Å².